The molecule has 6 rings (SSSR count). The van der Waals surface area contributed by atoms with Gasteiger partial charge < -0.3 is 19.3 Å². The predicted molar refractivity (Wildman–Crippen MR) is 141 cm³/mol. The van der Waals surface area contributed by atoms with E-state index in [1.165, 1.54) is 25.7 Å². The molecule has 6 heteroatoms. The number of benzene rings is 2. The molecule has 1 aliphatic heterocycles. The van der Waals surface area contributed by atoms with E-state index in [4.69, 9.17) is 4.42 Å². The molecular formula is C30H33N3O3. The van der Waals surface area contributed by atoms with E-state index in [0.717, 1.165) is 53.3 Å². The van der Waals surface area contributed by atoms with Crippen LogP contribution in [-0.2, 0) is 12.1 Å². The number of furan rings is 1. The Bertz CT molecular complexity index is 1390. The molecule has 6 nitrogen and oxygen atoms in total. The number of rotatable bonds is 5. The molecule has 186 valence electrons. The SMILES string of the molecule is CN(Cc1cccc2cccnc12)C(=O)c1cc2cc(C3(O)CCN(C4CCCC4)CC3)ccc2o1. The number of likely N-dealkylation sites (tertiary alicyclic amines) is 1. The van der Waals surface area contributed by atoms with E-state index < -0.39 is 5.60 Å². The third-order valence-electron chi connectivity index (χ3n) is 8.20. The molecule has 0 atom stereocenters. The molecule has 2 fully saturated rings. The Balaban J connectivity index is 1.18. The fourth-order valence-electron chi connectivity index (χ4n) is 6.07. The van der Waals surface area contributed by atoms with Gasteiger partial charge in [0.05, 0.1) is 11.1 Å². The first-order valence-corrected chi connectivity index (χ1v) is 13.1. The number of carbonyl (C=O) groups excluding carboxylic acids is 1. The van der Waals surface area contributed by atoms with E-state index in [9.17, 15) is 9.90 Å². The van der Waals surface area contributed by atoms with Crippen molar-refractivity contribution in [2.24, 2.45) is 0 Å². The van der Waals surface area contributed by atoms with Crippen molar-refractivity contribution in [3.8, 4) is 0 Å². The summed E-state index contributed by atoms with van der Waals surface area (Å²) in [5.74, 6) is 0.130. The second kappa shape index (κ2) is 9.34. The second-order valence-corrected chi connectivity index (χ2v) is 10.5. The molecule has 0 bridgehead atoms. The molecule has 0 spiro atoms. The lowest BCUT2D eigenvalue weighted by atomic mass is 9.83. The van der Waals surface area contributed by atoms with E-state index in [0.29, 0.717) is 23.9 Å². The average Bonchev–Trinajstić information content (AvgIpc) is 3.59. The monoisotopic (exact) mass is 483 g/mol. The lowest BCUT2D eigenvalue weighted by Crippen LogP contribution is -2.46. The Hall–Kier alpha value is -3.22. The van der Waals surface area contributed by atoms with Crippen molar-refractivity contribution in [3.63, 3.8) is 0 Å². The molecule has 2 aromatic heterocycles. The lowest BCUT2D eigenvalue weighted by molar-refractivity contribution is -0.0349. The van der Waals surface area contributed by atoms with Gasteiger partial charge in [-0.2, -0.15) is 0 Å². The molecule has 1 saturated heterocycles. The highest BCUT2D eigenvalue weighted by molar-refractivity contribution is 5.96. The van der Waals surface area contributed by atoms with Gasteiger partial charge in [0.1, 0.15) is 5.58 Å². The molecule has 1 saturated carbocycles. The average molecular weight is 484 g/mol. The molecule has 0 radical (unpaired) electrons. The van der Waals surface area contributed by atoms with Crippen molar-refractivity contribution >= 4 is 27.8 Å². The largest absolute Gasteiger partial charge is 0.451 e. The summed E-state index contributed by atoms with van der Waals surface area (Å²) in [5.41, 5.74) is 2.64. The van der Waals surface area contributed by atoms with E-state index >= 15 is 0 Å². The Kier molecular flexibility index (Phi) is 6.02. The summed E-state index contributed by atoms with van der Waals surface area (Å²) in [6.45, 7) is 2.30. The van der Waals surface area contributed by atoms with Crippen LogP contribution in [0.15, 0.2) is 65.2 Å². The maximum atomic E-state index is 13.2. The zero-order chi connectivity index (χ0) is 24.7. The van der Waals surface area contributed by atoms with Crippen LogP contribution in [0.2, 0.25) is 0 Å². The summed E-state index contributed by atoms with van der Waals surface area (Å²) in [6, 6.07) is 18.3. The molecular weight excluding hydrogens is 450 g/mol. The highest BCUT2D eigenvalue weighted by atomic mass is 16.3. The number of amides is 1. The van der Waals surface area contributed by atoms with Gasteiger partial charge in [-0.15, -0.1) is 0 Å². The van der Waals surface area contributed by atoms with Crippen LogP contribution >= 0.6 is 0 Å². The zero-order valence-corrected chi connectivity index (χ0v) is 20.8. The van der Waals surface area contributed by atoms with Crippen LogP contribution in [-0.4, -0.2) is 52.0 Å². The van der Waals surface area contributed by atoms with E-state index in [1.807, 2.05) is 48.5 Å². The van der Waals surface area contributed by atoms with E-state index in [-0.39, 0.29) is 5.91 Å². The Morgan fingerprint density at radius 2 is 1.86 bits per heavy atom. The molecule has 1 amide bonds. The number of piperidine rings is 1. The summed E-state index contributed by atoms with van der Waals surface area (Å²) in [7, 11) is 1.78. The third kappa shape index (κ3) is 4.29. The lowest BCUT2D eigenvalue weighted by Gasteiger charge is -2.41. The fraction of sp³-hybridized carbons (Fsp3) is 0.400. The van der Waals surface area contributed by atoms with Crippen LogP contribution in [0.1, 0.15) is 60.2 Å². The Labute approximate surface area is 211 Å². The van der Waals surface area contributed by atoms with Crippen molar-refractivity contribution in [2.45, 2.75) is 56.7 Å². The first kappa shape index (κ1) is 23.2. The maximum Gasteiger partial charge on any atom is 0.289 e. The van der Waals surface area contributed by atoms with Crippen molar-refractivity contribution in [1.82, 2.24) is 14.8 Å². The van der Waals surface area contributed by atoms with Crippen molar-refractivity contribution < 1.29 is 14.3 Å². The van der Waals surface area contributed by atoms with Crippen LogP contribution < -0.4 is 0 Å². The van der Waals surface area contributed by atoms with Crippen molar-refractivity contribution in [2.75, 3.05) is 20.1 Å². The highest BCUT2D eigenvalue weighted by Gasteiger charge is 2.37. The smallest absolute Gasteiger partial charge is 0.289 e. The molecule has 0 unspecified atom stereocenters. The van der Waals surface area contributed by atoms with E-state index in [2.05, 4.69) is 9.88 Å². The second-order valence-electron chi connectivity index (χ2n) is 10.5. The number of aliphatic hydroxyl groups is 1. The number of aromatic nitrogens is 1. The number of carbonyl (C=O) groups is 1. The van der Waals surface area contributed by atoms with Gasteiger partial charge >= 0.3 is 0 Å². The molecule has 2 aliphatic rings. The van der Waals surface area contributed by atoms with Crippen LogP contribution in [0.3, 0.4) is 0 Å². The van der Waals surface area contributed by atoms with Crippen molar-refractivity contribution in [3.05, 3.63) is 77.7 Å². The van der Waals surface area contributed by atoms with Gasteiger partial charge in [-0.25, -0.2) is 0 Å². The topological polar surface area (TPSA) is 69.8 Å². The highest BCUT2D eigenvalue weighted by Crippen LogP contribution is 2.37. The fourth-order valence-corrected chi connectivity index (χ4v) is 6.07. The van der Waals surface area contributed by atoms with Gasteiger partial charge in [-0.05, 0) is 61.1 Å². The predicted octanol–water partition coefficient (Wildman–Crippen LogP) is 5.48. The van der Waals surface area contributed by atoms with Crippen LogP contribution in [0.25, 0.3) is 21.9 Å². The summed E-state index contributed by atoms with van der Waals surface area (Å²) in [5, 5.41) is 13.4. The number of para-hydroxylation sites is 1. The maximum absolute atomic E-state index is 13.2. The first-order valence-electron chi connectivity index (χ1n) is 13.1. The van der Waals surface area contributed by atoms with Crippen LogP contribution in [0.5, 0.6) is 0 Å². The minimum Gasteiger partial charge on any atom is -0.451 e. The molecule has 1 aliphatic carbocycles. The van der Waals surface area contributed by atoms with Gasteiger partial charge in [0.2, 0.25) is 0 Å². The minimum atomic E-state index is -0.830. The molecule has 4 aromatic rings. The minimum absolute atomic E-state index is 0.177. The molecule has 36 heavy (non-hydrogen) atoms. The Morgan fingerprint density at radius 1 is 1.08 bits per heavy atom. The molecule has 3 heterocycles. The summed E-state index contributed by atoms with van der Waals surface area (Å²) in [6.07, 6.45) is 8.50. The summed E-state index contributed by atoms with van der Waals surface area (Å²) < 4.78 is 5.94. The van der Waals surface area contributed by atoms with Crippen molar-refractivity contribution in [1.29, 1.82) is 0 Å². The number of fused-ring (bicyclic) bond motifs is 2. The number of hydrogen-bond donors (Lipinski definition) is 1. The van der Waals surface area contributed by atoms with Gasteiger partial charge in [0.25, 0.3) is 5.91 Å². The van der Waals surface area contributed by atoms with Gasteiger partial charge in [0.15, 0.2) is 5.76 Å². The van der Waals surface area contributed by atoms with Gasteiger partial charge in [0, 0.05) is 49.7 Å². The van der Waals surface area contributed by atoms with Crippen LogP contribution in [0.4, 0.5) is 0 Å². The van der Waals surface area contributed by atoms with Gasteiger partial charge in [-0.1, -0.05) is 43.2 Å². The number of hydrogen-bond acceptors (Lipinski definition) is 5. The normalized spacial score (nSPS) is 18.7. The number of pyridine rings is 1. The van der Waals surface area contributed by atoms with Gasteiger partial charge in [-0.3, -0.25) is 9.78 Å². The standard InChI is InChI=1S/C30H33N3O3/c1-32(20-22-7-4-6-21-8-5-15-31-28(21)22)29(34)27-19-23-18-24(11-12-26(23)36-27)30(35)13-16-33(17-14-30)25-9-2-3-10-25/h4-8,11-12,15,18-19,25,35H,2-3,9-10,13-14,16-17,20H2,1H3. The third-order valence-corrected chi connectivity index (χ3v) is 8.20. The van der Waals surface area contributed by atoms with Crippen LogP contribution in [0, 0.1) is 0 Å². The quantitative estimate of drug-likeness (QED) is 0.407. The summed E-state index contributed by atoms with van der Waals surface area (Å²) in [4.78, 5) is 22.0. The molecule has 1 N–H and O–H groups in total. The molecule has 2 aromatic carbocycles. The first-order chi connectivity index (χ1) is 17.5. The summed E-state index contributed by atoms with van der Waals surface area (Å²) >= 11 is 0. The zero-order valence-electron chi connectivity index (χ0n) is 20.8. The van der Waals surface area contributed by atoms with E-state index in [1.54, 1.807) is 24.2 Å². The Morgan fingerprint density at radius 3 is 2.67 bits per heavy atom. The number of nitrogens with zero attached hydrogens (tertiary/aromatic N) is 3.